The number of aliphatic carboxylic acids is 1. The summed E-state index contributed by atoms with van der Waals surface area (Å²) >= 11 is 1.49. The number of aromatic nitrogens is 1. The van der Waals surface area contributed by atoms with Crippen molar-refractivity contribution in [1.82, 2.24) is 15.6 Å². The molecule has 1 heterocycles. The molecule has 0 radical (unpaired) electrons. The summed E-state index contributed by atoms with van der Waals surface area (Å²) in [4.78, 5) is 27.3. The lowest BCUT2D eigenvalue weighted by molar-refractivity contribution is -0.148. The van der Waals surface area contributed by atoms with Gasteiger partial charge >= 0.3 is 12.0 Å². The molecule has 6 nitrogen and oxygen atoms in total. The minimum atomic E-state index is -0.814. The largest absolute Gasteiger partial charge is 0.481 e. The van der Waals surface area contributed by atoms with Crippen LogP contribution in [-0.2, 0) is 11.3 Å². The lowest BCUT2D eigenvalue weighted by atomic mass is 9.86. The fourth-order valence-electron chi connectivity index (χ4n) is 2.47. The Kier molecular flexibility index (Phi) is 4.59. The van der Waals surface area contributed by atoms with Gasteiger partial charge in [0.25, 0.3) is 0 Å². The van der Waals surface area contributed by atoms with Crippen molar-refractivity contribution < 1.29 is 14.7 Å². The van der Waals surface area contributed by atoms with Crippen LogP contribution in [-0.4, -0.2) is 28.6 Å². The van der Waals surface area contributed by atoms with Crippen molar-refractivity contribution in [3.63, 3.8) is 0 Å². The summed E-state index contributed by atoms with van der Waals surface area (Å²) in [6.07, 6.45) is 3.09. The highest BCUT2D eigenvalue weighted by molar-refractivity contribution is 7.09. The predicted octanol–water partition coefficient (Wildman–Crippen LogP) is 1.90. The Bertz CT molecular complexity index is 495. The van der Waals surface area contributed by atoms with E-state index in [9.17, 15) is 14.7 Å². The summed E-state index contributed by atoms with van der Waals surface area (Å²) in [6.45, 7) is 2.45. The summed E-state index contributed by atoms with van der Waals surface area (Å²) < 4.78 is 0. The fraction of sp³-hybridized carbons (Fsp3) is 0.615. The van der Waals surface area contributed by atoms with Crippen LogP contribution in [0.1, 0.15) is 36.4 Å². The lowest BCUT2D eigenvalue weighted by Gasteiger charge is -2.23. The third kappa shape index (κ3) is 3.47. The number of urea groups is 1. The molecule has 1 aromatic heterocycles. The molecule has 1 aliphatic rings. The molecule has 3 N–H and O–H groups in total. The van der Waals surface area contributed by atoms with E-state index >= 15 is 0 Å². The molecule has 1 fully saturated rings. The van der Waals surface area contributed by atoms with Crippen molar-refractivity contribution in [3.8, 4) is 0 Å². The fourth-order valence-corrected chi connectivity index (χ4v) is 3.18. The van der Waals surface area contributed by atoms with Crippen LogP contribution in [0.15, 0.2) is 5.38 Å². The van der Waals surface area contributed by atoms with Crippen molar-refractivity contribution >= 4 is 23.3 Å². The Hall–Kier alpha value is -1.63. The molecule has 1 saturated carbocycles. The first kappa shape index (κ1) is 14.8. The standard InChI is InChI=1S/C13H19N3O3S/c1-9-7-20-10(16-9)6-14-12(19)15-8-13(11(17)18)4-2-3-5-13/h7H,2-6,8H2,1H3,(H,17,18)(H2,14,15,19). The van der Waals surface area contributed by atoms with Crippen molar-refractivity contribution in [2.45, 2.75) is 39.2 Å². The Balaban J connectivity index is 1.78. The highest BCUT2D eigenvalue weighted by Gasteiger charge is 2.41. The number of carbonyl (C=O) groups excluding carboxylic acids is 1. The van der Waals surface area contributed by atoms with Crippen LogP contribution in [0.2, 0.25) is 0 Å². The number of nitrogens with one attached hydrogen (secondary N) is 2. The van der Waals surface area contributed by atoms with Gasteiger partial charge in [0.15, 0.2) is 0 Å². The first-order chi connectivity index (χ1) is 9.52. The average Bonchev–Trinajstić information content (AvgIpc) is 3.03. The van der Waals surface area contributed by atoms with Gasteiger partial charge in [-0.2, -0.15) is 0 Å². The number of carboxylic acid groups (broad SMARTS) is 1. The molecule has 20 heavy (non-hydrogen) atoms. The number of aryl methyl sites for hydroxylation is 1. The molecule has 1 aliphatic carbocycles. The number of hydrogen-bond acceptors (Lipinski definition) is 4. The van der Waals surface area contributed by atoms with E-state index in [1.165, 1.54) is 11.3 Å². The smallest absolute Gasteiger partial charge is 0.315 e. The Morgan fingerprint density at radius 3 is 2.65 bits per heavy atom. The van der Waals surface area contributed by atoms with E-state index < -0.39 is 11.4 Å². The van der Waals surface area contributed by atoms with Crippen LogP contribution in [0.3, 0.4) is 0 Å². The lowest BCUT2D eigenvalue weighted by Crippen LogP contribution is -2.44. The van der Waals surface area contributed by atoms with Crippen molar-refractivity contribution in [2.24, 2.45) is 5.41 Å². The van der Waals surface area contributed by atoms with Crippen molar-refractivity contribution in [3.05, 3.63) is 16.1 Å². The maximum atomic E-state index is 11.7. The summed E-state index contributed by atoms with van der Waals surface area (Å²) in [5, 5.41) is 17.4. The molecule has 2 rings (SSSR count). The van der Waals surface area contributed by atoms with Gasteiger partial charge in [0.05, 0.1) is 12.0 Å². The normalized spacial score (nSPS) is 16.9. The Morgan fingerprint density at radius 2 is 2.10 bits per heavy atom. The number of carboxylic acids is 1. The molecule has 110 valence electrons. The average molecular weight is 297 g/mol. The molecule has 1 aromatic rings. The topological polar surface area (TPSA) is 91.3 Å². The SMILES string of the molecule is Cc1csc(CNC(=O)NCC2(C(=O)O)CCCC2)n1. The van der Waals surface area contributed by atoms with E-state index in [1.54, 1.807) is 0 Å². The third-order valence-electron chi connectivity index (χ3n) is 3.67. The molecule has 0 unspecified atom stereocenters. The Labute approximate surface area is 121 Å². The highest BCUT2D eigenvalue weighted by Crippen LogP contribution is 2.37. The number of hydrogen-bond donors (Lipinski definition) is 3. The molecular formula is C13H19N3O3S. The first-order valence-corrected chi connectivity index (χ1v) is 7.56. The second-order valence-corrected chi connectivity index (χ2v) is 6.15. The molecule has 0 bridgehead atoms. The minimum absolute atomic E-state index is 0.186. The molecular weight excluding hydrogens is 278 g/mol. The molecule has 0 spiro atoms. The monoisotopic (exact) mass is 297 g/mol. The van der Waals surface area contributed by atoms with Gasteiger partial charge in [-0.05, 0) is 19.8 Å². The van der Waals surface area contributed by atoms with E-state index in [2.05, 4.69) is 15.6 Å². The van der Waals surface area contributed by atoms with Crippen LogP contribution >= 0.6 is 11.3 Å². The summed E-state index contributed by atoms with van der Waals surface area (Å²) in [6, 6.07) is -0.342. The minimum Gasteiger partial charge on any atom is -0.481 e. The van der Waals surface area contributed by atoms with Gasteiger partial charge in [0.1, 0.15) is 5.01 Å². The molecule has 0 aromatic carbocycles. The van der Waals surface area contributed by atoms with Crippen LogP contribution in [0.5, 0.6) is 0 Å². The maximum absolute atomic E-state index is 11.7. The first-order valence-electron chi connectivity index (χ1n) is 6.68. The van der Waals surface area contributed by atoms with Gasteiger partial charge in [-0.1, -0.05) is 12.8 Å². The van der Waals surface area contributed by atoms with Crippen LogP contribution in [0, 0.1) is 12.3 Å². The second-order valence-electron chi connectivity index (χ2n) is 5.21. The van der Waals surface area contributed by atoms with Gasteiger partial charge in [-0.3, -0.25) is 4.79 Å². The van der Waals surface area contributed by atoms with Gasteiger partial charge in [-0.15, -0.1) is 11.3 Å². The maximum Gasteiger partial charge on any atom is 0.315 e. The van der Waals surface area contributed by atoms with E-state index in [-0.39, 0.29) is 12.6 Å². The number of nitrogens with zero attached hydrogens (tertiary/aromatic N) is 1. The van der Waals surface area contributed by atoms with Gasteiger partial charge in [-0.25, -0.2) is 9.78 Å². The van der Waals surface area contributed by atoms with Gasteiger partial charge < -0.3 is 15.7 Å². The number of amides is 2. The van der Waals surface area contributed by atoms with Crippen LogP contribution in [0.25, 0.3) is 0 Å². The zero-order valence-electron chi connectivity index (χ0n) is 11.4. The molecule has 0 aliphatic heterocycles. The van der Waals surface area contributed by atoms with Gasteiger partial charge in [0.2, 0.25) is 0 Å². The number of rotatable bonds is 5. The van der Waals surface area contributed by atoms with E-state index in [0.29, 0.717) is 19.4 Å². The van der Waals surface area contributed by atoms with Crippen LogP contribution < -0.4 is 10.6 Å². The summed E-state index contributed by atoms with van der Waals surface area (Å²) in [5.41, 5.74) is 0.151. The number of thiazole rings is 1. The second kappa shape index (κ2) is 6.21. The zero-order valence-corrected chi connectivity index (χ0v) is 12.3. The molecule has 0 saturated heterocycles. The van der Waals surface area contributed by atoms with E-state index in [1.807, 2.05) is 12.3 Å². The van der Waals surface area contributed by atoms with E-state index in [0.717, 1.165) is 23.5 Å². The highest BCUT2D eigenvalue weighted by atomic mass is 32.1. The van der Waals surface area contributed by atoms with Gasteiger partial charge in [0, 0.05) is 17.6 Å². The Morgan fingerprint density at radius 1 is 1.40 bits per heavy atom. The molecule has 7 heteroatoms. The third-order valence-corrected chi connectivity index (χ3v) is 4.64. The number of carbonyl (C=O) groups is 2. The predicted molar refractivity (Wildman–Crippen MR) is 75.6 cm³/mol. The van der Waals surface area contributed by atoms with E-state index in [4.69, 9.17) is 0 Å². The summed E-state index contributed by atoms with van der Waals surface area (Å²) in [7, 11) is 0. The van der Waals surface area contributed by atoms with Crippen LogP contribution in [0.4, 0.5) is 4.79 Å². The molecule has 2 amide bonds. The zero-order chi connectivity index (χ0) is 14.6. The quantitative estimate of drug-likeness (QED) is 0.774. The van der Waals surface area contributed by atoms with Crippen molar-refractivity contribution in [1.29, 1.82) is 0 Å². The molecule has 0 atom stereocenters. The van der Waals surface area contributed by atoms with Crippen molar-refractivity contribution in [2.75, 3.05) is 6.54 Å². The summed E-state index contributed by atoms with van der Waals surface area (Å²) in [5.74, 6) is -0.814.